The largest absolute Gasteiger partial charge is 0.416 e. The molecular weight excluding hydrogens is 388 g/mol. The molecule has 29 heavy (non-hydrogen) atoms. The highest BCUT2D eigenvalue weighted by Gasteiger charge is 2.32. The summed E-state index contributed by atoms with van der Waals surface area (Å²) in [6, 6.07) is 10.1. The van der Waals surface area contributed by atoms with Crippen molar-refractivity contribution in [1.29, 1.82) is 0 Å². The second-order valence-corrected chi connectivity index (χ2v) is 6.81. The van der Waals surface area contributed by atoms with Gasteiger partial charge in [-0.2, -0.15) is 13.2 Å². The van der Waals surface area contributed by atoms with Gasteiger partial charge in [0.05, 0.1) is 23.1 Å². The molecular formula is C21H20F4N2O2. The van der Waals surface area contributed by atoms with Crippen LogP contribution in [-0.2, 0) is 11.0 Å². The highest BCUT2D eigenvalue weighted by atomic mass is 19.4. The fourth-order valence-electron chi connectivity index (χ4n) is 3.14. The van der Waals surface area contributed by atoms with Gasteiger partial charge in [0.15, 0.2) is 0 Å². The lowest BCUT2D eigenvalue weighted by Gasteiger charge is -2.41. The molecule has 1 heterocycles. The minimum atomic E-state index is -4.45. The highest BCUT2D eigenvalue weighted by molar-refractivity contribution is 5.97. The van der Waals surface area contributed by atoms with Crippen LogP contribution in [0.15, 0.2) is 54.6 Å². The monoisotopic (exact) mass is 408 g/mol. The molecule has 8 heteroatoms. The molecule has 1 unspecified atom stereocenters. The number of rotatable bonds is 5. The van der Waals surface area contributed by atoms with Crippen LogP contribution in [0.1, 0.15) is 30.9 Å². The number of benzene rings is 2. The van der Waals surface area contributed by atoms with Crippen LogP contribution >= 0.6 is 0 Å². The Morgan fingerprint density at radius 2 is 1.83 bits per heavy atom. The third-order valence-electron chi connectivity index (χ3n) is 4.55. The molecule has 0 radical (unpaired) electrons. The Kier molecular flexibility index (Phi) is 5.93. The minimum Gasteiger partial charge on any atom is -0.393 e. The minimum absolute atomic E-state index is 0.0120. The number of carbonyl (C=O) groups excluding carboxylic acids is 1. The van der Waals surface area contributed by atoms with Crippen molar-refractivity contribution in [1.82, 2.24) is 5.01 Å². The van der Waals surface area contributed by atoms with E-state index in [0.29, 0.717) is 23.4 Å². The van der Waals surface area contributed by atoms with Crippen molar-refractivity contribution >= 4 is 17.3 Å². The van der Waals surface area contributed by atoms with Crippen LogP contribution in [0.4, 0.5) is 23.2 Å². The van der Waals surface area contributed by atoms with Crippen molar-refractivity contribution in [3.05, 3.63) is 71.6 Å². The summed E-state index contributed by atoms with van der Waals surface area (Å²) in [5, 5.41) is 12.6. The number of aliphatic hydroxyl groups is 1. The molecule has 0 aromatic heterocycles. The lowest BCUT2D eigenvalue weighted by Crippen LogP contribution is -2.49. The molecule has 154 valence electrons. The molecule has 0 spiro atoms. The van der Waals surface area contributed by atoms with Gasteiger partial charge < -0.3 is 5.11 Å². The second kappa shape index (κ2) is 8.24. The van der Waals surface area contributed by atoms with E-state index in [1.807, 2.05) is 0 Å². The third-order valence-corrected chi connectivity index (χ3v) is 4.55. The summed E-state index contributed by atoms with van der Waals surface area (Å²) in [4.78, 5) is 12.6. The molecule has 0 fully saturated rings. The number of alkyl halides is 3. The highest BCUT2D eigenvalue weighted by Crippen LogP contribution is 2.34. The Balaban J connectivity index is 2.01. The molecule has 2 aromatic carbocycles. The van der Waals surface area contributed by atoms with Gasteiger partial charge in [0.2, 0.25) is 5.91 Å². The van der Waals surface area contributed by atoms with Crippen LogP contribution in [0.5, 0.6) is 0 Å². The Morgan fingerprint density at radius 3 is 2.41 bits per heavy atom. The zero-order valence-corrected chi connectivity index (χ0v) is 15.7. The van der Waals surface area contributed by atoms with Crippen molar-refractivity contribution in [2.45, 2.75) is 32.0 Å². The van der Waals surface area contributed by atoms with Gasteiger partial charge in [-0.1, -0.05) is 18.2 Å². The Bertz CT molecular complexity index is 908. The van der Waals surface area contributed by atoms with Gasteiger partial charge in [-0.3, -0.25) is 9.80 Å². The van der Waals surface area contributed by atoms with Gasteiger partial charge >= 0.3 is 6.18 Å². The zero-order valence-electron chi connectivity index (χ0n) is 15.7. The van der Waals surface area contributed by atoms with Gasteiger partial charge in [-0.05, 0) is 55.3 Å². The van der Waals surface area contributed by atoms with Crippen molar-refractivity contribution in [3.63, 3.8) is 0 Å². The first kappa shape index (κ1) is 20.9. The van der Waals surface area contributed by atoms with E-state index in [-0.39, 0.29) is 18.9 Å². The lowest BCUT2D eigenvalue weighted by molar-refractivity contribution is -0.137. The zero-order chi connectivity index (χ0) is 21.2. The predicted octanol–water partition coefficient (Wildman–Crippen LogP) is 4.61. The van der Waals surface area contributed by atoms with Crippen molar-refractivity contribution in [2.75, 3.05) is 11.6 Å². The topological polar surface area (TPSA) is 43.8 Å². The van der Waals surface area contributed by atoms with Gasteiger partial charge in [0.1, 0.15) is 5.82 Å². The van der Waals surface area contributed by atoms with Gasteiger partial charge in [0, 0.05) is 13.0 Å². The molecule has 1 N–H and O–H groups in total. The van der Waals surface area contributed by atoms with Crippen LogP contribution in [0, 0.1) is 5.82 Å². The second-order valence-electron chi connectivity index (χ2n) is 6.81. The summed E-state index contributed by atoms with van der Waals surface area (Å²) < 4.78 is 52.4. The van der Waals surface area contributed by atoms with Gasteiger partial charge in [-0.25, -0.2) is 9.40 Å². The van der Waals surface area contributed by atoms with Gasteiger partial charge in [-0.15, -0.1) is 0 Å². The Labute approximate surface area is 165 Å². The van der Waals surface area contributed by atoms with E-state index in [9.17, 15) is 27.5 Å². The molecule has 4 nitrogen and oxygen atoms in total. The number of anilines is 1. The molecule has 1 aliphatic heterocycles. The number of nitrogens with zero attached hydrogens (tertiary/aromatic N) is 2. The number of hydrazine groups is 1. The summed E-state index contributed by atoms with van der Waals surface area (Å²) in [7, 11) is 0. The lowest BCUT2D eigenvalue weighted by atomic mass is 10.0. The maximum absolute atomic E-state index is 13.7. The van der Waals surface area contributed by atoms with E-state index in [1.165, 1.54) is 35.3 Å². The van der Waals surface area contributed by atoms with Crippen LogP contribution in [0.3, 0.4) is 0 Å². The van der Waals surface area contributed by atoms with E-state index in [2.05, 4.69) is 0 Å². The van der Waals surface area contributed by atoms with Crippen LogP contribution in [0.2, 0.25) is 0 Å². The molecule has 0 bridgehead atoms. The number of carbonyl (C=O) groups is 1. The normalized spacial score (nSPS) is 16.1. The van der Waals surface area contributed by atoms with Crippen molar-refractivity contribution < 1.29 is 27.5 Å². The van der Waals surface area contributed by atoms with Crippen molar-refractivity contribution in [3.8, 4) is 0 Å². The number of aliphatic hydroxyl groups excluding tert-OH is 1. The fraction of sp³-hybridized carbons (Fsp3) is 0.286. The first-order valence-electron chi connectivity index (χ1n) is 9.08. The third kappa shape index (κ3) is 4.76. The summed E-state index contributed by atoms with van der Waals surface area (Å²) >= 11 is 0. The first-order valence-corrected chi connectivity index (χ1v) is 9.08. The average Bonchev–Trinajstić information content (AvgIpc) is 2.65. The van der Waals surface area contributed by atoms with E-state index in [0.717, 1.165) is 12.1 Å². The van der Waals surface area contributed by atoms with Crippen molar-refractivity contribution in [2.24, 2.45) is 0 Å². The Morgan fingerprint density at radius 1 is 1.14 bits per heavy atom. The predicted molar refractivity (Wildman–Crippen MR) is 101 cm³/mol. The molecule has 0 saturated heterocycles. The SMILES string of the molecule is CC(O)CCN1C(c2ccc(C(F)(F)F)cc2)=CCC(=O)N1c1cccc(F)c1. The average molecular weight is 408 g/mol. The molecule has 1 amide bonds. The standard InChI is InChI=1S/C21H20F4N2O2/c1-14(28)11-12-26-19(15-5-7-16(8-6-15)21(23,24)25)9-10-20(29)27(26)18-4-2-3-17(22)13-18/h2-9,13-14,28H,10-12H2,1H3. The summed E-state index contributed by atoms with van der Waals surface area (Å²) in [5.41, 5.74) is 0.532. The van der Waals surface area contributed by atoms with Gasteiger partial charge in [0.25, 0.3) is 0 Å². The quantitative estimate of drug-likeness (QED) is 0.735. The van der Waals surface area contributed by atoms with Crippen LogP contribution < -0.4 is 5.01 Å². The van der Waals surface area contributed by atoms with Crippen LogP contribution in [-0.4, -0.2) is 28.7 Å². The van der Waals surface area contributed by atoms with E-state index < -0.39 is 23.7 Å². The summed E-state index contributed by atoms with van der Waals surface area (Å²) in [6.07, 6.45) is -3.16. The summed E-state index contributed by atoms with van der Waals surface area (Å²) in [5.74, 6) is -0.826. The molecule has 2 aromatic rings. The number of hydrogen-bond acceptors (Lipinski definition) is 3. The fourth-order valence-corrected chi connectivity index (χ4v) is 3.14. The first-order chi connectivity index (χ1) is 13.7. The van der Waals surface area contributed by atoms with Crippen LogP contribution in [0.25, 0.3) is 5.70 Å². The van der Waals surface area contributed by atoms with E-state index >= 15 is 0 Å². The number of hydrogen-bond donors (Lipinski definition) is 1. The molecule has 3 rings (SSSR count). The summed E-state index contributed by atoms with van der Waals surface area (Å²) in [6.45, 7) is 1.81. The maximum atomic E-state index is 13.7. The van der Waals surface area contributed by atoms with E-state index in [4.69, 9.17) is 0 Å². The molecule has 1 atom stereocenters. The molecule has 0 aliphatic carbocycles. The maximum Gasteiger partial charge on any atom is 0.416 e. The smallest absolute Gasteiger partial charge is 0.393 e. The Hall–Kier alpha value is -2.87. The molecule has 0 saturated carbocycles. The molecule has 1 aliphatic rings. The number of amides is 1. The van der Waals surface area contributed by atoms with E-state index in [1.54, 1.807) is 24.1 Å². The number of halogens is 4.